The Kier molecular flexibility index (Phi) is 8.36. The molecule has 2 aromatic rings. The number of esters is 1. The van der Waals surface area contributed by atoms with Crippen LogP contribution < -0.4 is 10.1 Å². The maximum Gasteiger partial charge on any atom is 0.306 e. The van der Waals surface area contributed by atoms with Gasteiger partial charge in [-0.05, 0) is 36.2 Å². The number of hydrogen-bond donors (Lipinski definition) is 1. The average molecular weight is 369 g/mol. The molecule has 0 bridgehead atoms. The van der Waals surface area contributed by atoms with E-state index in [1.165, 1.54) is 0 Å². The molecule has 0 aromatic heterocycles. The SMILES string of the molecule is CCCCCC(=O)O[C@H](CNC(=O)c1ccccc1)c1ccc(OC)cc1. The van der Waals surface area contributed by atoms with Gasteiger partial charge in [0, 0.05) is 12.0 Å². The van der Waals surface area contributed by atoms with Crippen molar-refractivity contribution >= 4 is 11.9 Å². The van der Waals surface area contributed by atoms with Gasteiger partial charge < -0.3 is 14.8 Å². The summed E-state index contributed by atoms with van der Waals surface area (Å²) in [5, 5.41) is 2.85. The highest BCUT2D eigenvalue weighted by atomic mass is 16.5. The highest BCUT2D eigenvalue weighted by molar-refractivity contribution is 5.94. The maximum atomic E-state index is 12.3. The number of amides is 1. The number of hydrogen-bond acceptors (Lipinski definition) is 4. The van der Waals surface area contributed by atoms with E-state index in [0.717, 1.165) is 30.6 Å². The monoisotopic (exact) mass is 369 g/mol. The molecule has 27 heavy (non-hydrogen) atoms. The first-order valence-electron chi connectivity index (χ1n) is 9.30. The summed E-state index contributed by atoms with van der Waals surface area (Å²) in [6, 6.07) is 16.3. The minimum Gasteiger partial charge on any atom is -0.497 e. The molecule has 0 saturated heterocycles. The van der Waals surface area contributed by atoms with Gasteiger partial charge in [0.15, 0.2) is 0 Å². The van der Waals surface area contributed by atoms with Crippen molar-refractivity contribution in [2.75, 3.05) is 13.7 Å². The molecule has 2 aromatic carbocycles. The van der Waals surface area contributed by atoms with Crippen LogP contribution in [0.25, 0.3) is 0 Å². The second kappa shape index (κ2) is 11.0. The number of nitrogens with one attached hydrogen (secondary N) is 1. The van der Waals surface area contributed by atoms with Crippen LogP contribution in [0.1, 0.15) is 54.6 Å². The summed E-state index contributed by atoms with van der Waals surface area (Å²) in [5.74, 6) is 0.273. The second-order valence-corrected chi connectivity index (χ2v) is 6.28. The van der Waals surface area contributed by atoms with E-state index in [1.807, 2.05) is 42.5 Å². The van der Waals surface area contributed by atoms with Crippen molar-refractivity contribution in [3.05, 3.63) is 65.7 Å². The maximum absolute atomic E-state index is 12.3. The van der Waals surface area contributed by atoms with Crippen LogP contribution in [0.3, 0.4) is 0 Å². The van der Waals surface area contributed by atoms with Crippen LogP contribution in [0.15, 0.2) is 54.6 Å². The normalized spacial score (nSPS) is 11.5. The van der Waals surface area contributed by atoms with Gasteiger partial charge in [-0.15, -0.1) is 0 Å². The third kappa shape index (κ3) is 6.77. The van der Waals surface area contributed by atoms with Crippen LogP contribution in [-0.2, 0) is 9.53 Å². The molecule has 0 saturated carbocycles. The molecule has 0 aliphatic heterocycles. The van der Waals surface area contributed by atoms with Crippen molar-refractivity contribution < 1.29 is 19.1 Å². The van der Waals surface area contributed by atoms with E-state index >= 15 is 0 Å². The summed E-state index contributed by atoms with van der Waals surface area (Å²) in [6.45, 7) is 2.30. The number of methoxy groups -OCH3 is 1. The summed E-state index contributed by atoms with van der Waals surface area (Å²) in [4.78, 5) is 24.5. The smallest absolute Gasteiger partial charge is 0.306 e. The Morgan fingerprint density at radius 3 is 2.33 bits per heavy atom. The standard InChI is InChI=1S/C22H27NO4/c1-3-4-6-11-21(24)27-20(17-12-14-19(26-2)15-13-17)16-23-22(25)18-9-7-5-8-10-18/h5,7-10,12-15,20H,3-4,6,11,16H2,1-2H3,(H,23,25)/t20-/m1/s1. The molecule has 5 heteroatoms. The molecule has 0 spiro atoms. The topological polar surface area (TPSA) is 64.6 Å². The van der Waals surface area contributed by atoms with E-state index in [9.17, 15) is 9.59 Å². The van der Waals surface area contributed by atoms with Crippen molar-refractivity contribution in [1.29, 1.82) is 0 Å². The minimum absolute atomic E-state index is 0.198. The summed E-state index contributed by atoms with van der Waals surface area (Å²) < 4.78 is 10.8. The zero-order chi connectivity index (χ0) is 19.5. The van der Waals surface area contributed by atoms with Crippen molar-refractivity contribution in [2.45, 2.75) is 38.7 Å². The van der Waals surface area contributed by atoms with Gasteiger partial charge in [-0.2, -0.15) is 0 Å². The van der Waals surface area contributed by atoms with Crippen LogP contribution in [0, 0.1) is 0 Å². The Labute approximate surface area is 160 Å². The number of unbranched alkanes of at least 4 members (excludes halogenated alkanes) is 2. The van der Waals surface area contributed by atoms with Gasteiger partial charge in [0.05, 0.1) is 13.7 Å². The van der Waals surface area contributed by atoms with E-state index in [1.54, 1.807) is 19.2 Å². The first kappa shape index (κ1) is 20.5. The molecular weight excluding hydrogens is 342 g/mol. The fourth-order valence-corrected chi connectivity index (χ4v) is 2.66. The predicted molar refractivity (Wildman–Crippen MR) is 105 cm³/mol. The summed E-state index contributed by atoms with van der Waals surface area (Å²) >= 11 is 0. The number of carbonyl (C=O) groups excluding carboxylic acids is 2. The molecule has 0 fully saturated rings. The average Bonchev–Trinajstić information content (AvgIpc) is 2.71. The molecule has 0 aliphatic rings. The lowest BCUT2D eigenvalue weighted by atomic mass is 10.1. The van der Waals surface area contributed by atoms with Crippen LogP contribution in [0.4, 0.5) is 0 Å². The van der Waals surface area contributed by atoms with Crippen LogP contribution >= 0.6 is 0 Å². The van der Waals surface area contributed by atoms with Crippen molar-refractivity contribution in [2.24, 2.45) is 0 Å². The van der Waals surface area contributed by atoms with E-state index in [4.69, 9.17) is 9.47 Å². The fraction of sp³-hybridized carbons (Fsp3) is 0.364. The zero-order valence-electron chi connectivity index (χ0n) is 15.9. The highest BCUT2D eigenvalue weighted by Gasteiger charge is 2.18. The lowest BCUT2D eigenvalue weighted by molar-refractivity contribution is -0.149. The first-order chi connectivity index (χ1) is 13.1. The van der Waals surface area contributed by atoms with Gasteiger partial charge in [0.25, 0.3) is 5.91 Å². The molecule has 1 atom stereocenters. The molecule has 2 rings (SSSR count). The molecule has 1 amide bonds. The molecule has 0 heterocycles. The predicted octanol–water partition coefficient (Wildman–Crippen LogP) is 4.29. The van der Waals surface area contributed by atoms with Gasteiger partial charge in [-0.1, -0.05) is 50.1 Å². The molecule has 0 aliphatic carbocycles. The van der Waals surface area contributed by atoms with Crippen molar-refractivity contribution in [3.8, 4) is 5.75 Å². The molecular formula is C22H27NO4. The molecule has 1 N–H and O–H groups in total. The third-order valence-electron chi connectivity index (χ3n) is 4.23. The lowest BCUT2D eigenvalue weighted by Gasteiger charge is -2.19. The van der Waals surface area contributed by atoms with Crippen molar-refractivity contribution in [1.82, 2.24) is 5.32 Å². The van der Waals surface area contributed by atoms with Gasteiger partial charge in [0.1, 0.15) is 11.9 Å². The largest absolute Gasteiger partial charge is 0.497 e. The number of rotatable bonds is 10. The second-order valence-electron chi connectivity index (χ2n) is 6.28. The van der Waals surface area contributed by atoms with Crippen LogP contribution in [-0.4, -0.2) is 25.5 Å². The van der Waals surface area contributed by atoms with Crippen molar-refractivity contribution in [3.63, 3.8) is 0 Å². The number of ether oxygens (including phenoxy) is 2. The Morgan fingerprint density at radius 1 is 1.00 bits per heavy atom. The molecule has 144 valence electrons. The quantitative estimate of drug-likeness (QED) is 0.501. The van der Waals surface area contributed by atoms with Gasteiger partial charge >= 0.3 is 5.97 Å². The fourth-order valence-electron chi connectivity index (χ4n) is 2.66. The zero-order valence-corrected chi connectivity index (χ0v) is 15.9. The van der Waals surface area contributed by atoms with Crippen LogP contribution in [0.2, 0.25) is 0 Å². The highest BCUT2D eigenvalue weighted by Crippen LogP contribution is 2.21. The van der Waals surface area contributed by atoms with Gasteiger partial charge in [-0.3, -0.25) is 9.59 Å². The molecule has 0 unspecified atom stereocenters. The van der Waals surface area contributed by atoms with Gasteiger partial charge in [0.2, 0.25) is 0 Å². The summed E-state index contributed by atoms with van der Waals surface area (Å²) in [5.41, 5.74) is 1.38. The third-order valence-corrected chi connectivity index (χ3v) is 4.23. The van der Waals surface area contributed by atoms with E-state index in [2.05, 4.69) is 12.2 Å². The Balaban J connectivity index is 2.03. The van der Waals surface area contributed by atoms with E-state index in [-0.39, 0.29) is 18.4 Å². The number of carbonyl (C=O) groups is 2. The lowest BCUT2D eigenvalue weighted by Crippen LogP contribution is -2.30. The Bertz CT molecular complexity index is 713. The van der Waals surface area contributed by atoms with E-state index in [0.29, 0.717) is 12.0 Å². The molecule has 5 nitrogen and oxygen atoms in total. The molecule has 0 radical (unpaired) electrons. The van der Waals surface area contributed by atoms with E-state index < -0.39 is 6.10 Å². The first-order valence-corrected chi connectivity index (χ1v) is 9.30. The van der Waals surface area contributed by atoms with Gasteiger partial charge in [-0.25, -0.2) is 0 Å². The Morgan fingerprint density at radius 2 is 1.70 bits per heavy atom. The van der Waals surface area contributed by atoms with Crippen LogP contribution in [0.5, 0.6) is 5.75 Å². The Hall–Kier alpha value is -2.82. The summed E-state index contributed by atoms with van der Waals surface area (Å²) in [7, 11) is 1.60. The summed E-state index contributed by atoms with van der Waals surface area (Å²) in [6.07, 6.45) is 2.68. The minimum atomic E-state index is -0.544. The number of benzene rings is 2.